The Hall–Kier alpha value is -1.92. The van der Waals surface area contributed by atoms with Gasteiger partial charge in [0.05, 0.1) is 8.66 Å². The Morgan fingerprint density at radius 1 is 1.14 bits per heavy atom. The van der Waals surface area contributed by atoms with Gasteiger partial charge in [-0.25, -0.2) is 0 Å². The largest absolute Gasteiger partial charge is 0.279 e. The summed E-state index contributed by atoms with van der Waals surface area (Å²) in [6.07, 6.45) is 3.09. The molecule has 1 heterocycles. The minimum absolute atomic E-state index is 0.344. The highest BCUT2D eigenvalue weighted by Crippen LogP contribution is 2.21. The summed E-state index contributed by atoms with van der Waals surface area (Å²) in [7, 11) is 0. The molecule has 0 unspecified atom stereocenters. The topological polar surface area (TPSA) is 58.2 Å². The smallest absolute Gasteiger partial charge is 0.268 e. The third-order valence-corrected chi connectivity index (χ3v) is 4.32. The summed E-state index contributed by atoms with van der Waals surface area (Å²) in [5.41, 5.74) is 6.75. The van der Waals surface area contributed by atoms with Gasteiger partial charge in [-0.3, -0.25) is 20.4 Å². The maximum absolute atomic E-state index is 11.7. The van der Waals surface area contributed by atoms with Crippen LogP contribution in [0.15, 0.2) is 46.3 Å². The van der Waals surface area contributed by atoms with E-state index in [1.165, 1.54) is 17.4 Å². The maximum Gasteiger partial charge on any atom is 0.279 e. The summed E-state index contributed by atoms with van der Waals surface area (Å²) in [6, 6.07) is 11.2. The molecule has 108 valence electrons. The lowest BCUT2D eigenvalue weighted by molar-refractivity contribution is -0.117. The average molecular weight is 365 g/mol. The normalized spacial score (nSPS) is 10.6. The van der Waals surface area contributed by atoms with Gasteiger partial charge in [0.1, 0.15) is 0 Å². The number of hydrogen-bond acceptors (Lipinski definition) is 3. The van der Waals surface area contributed by atoms with Crippen LogP contribution in [0.4, 0.5) is 0 Å². The van der Waals surface area contributed by atoms with Gasteiger partial charge in [0.15, 0.2) is 0 Å². The van der Waals surface area contributed by atoms with Gasteiger partial charge < -0.3 is 0 Å². The molecular formula is C15H13BrN2O2S. The minimum atomic E-state index is -0.387. The predicted octanol–water partition coefficient (Wildman–Crippen LogP) is 3.29. The summed E-state index contributed by atoms with van der Waals surface area (Å²) < 4.78 is 0.860. The van der Waals surface area contributed by atoms with E-state index in [0.29, 0.717) is 4.88 Å². The lowest BCUT2D eigenvalue weighted by atomic mass is 10.1. The van der Waals surface area contributed by atoms with Gasteiger partial charge in [-0.05, 0) is 52.2 Å². The van der Waals surface area contributed by atoms with Gasteiger partial charge >= 0.3 is 0 Å². The van der Waals surface area contributed by atoms with Gasteiger partial charge in [0, 0.05) is 6.08 Å². The van der Waals surface area contributed by atoms with Gasteiger partial charge in [-0.15, -0.1) is 11.3 Å². The second kappa shape index (κ2) is 7.19. The molecule has 0 aliphatic carbocycles. The Bertz CT molecular complexity index is 694. The zero-order valence-electron chi connectivity index (χ0n) is 11.2. The number of rotatable bonds is 3. The quantitative estimate of drug-likeness (QED) is 0.648. The summed E-state index contributed by atoms with van der Waals surface area (Å²) >= 11 is 4.57. The van der Waals surface area contributed by atoms with Crippen LogP contribution in [0.25, 0.3) is 6.08 Å². The van der Waals surface area contributed by atoms with Gasteiger partial charge in [-0.1, -0.05) is 24.3 Å². The van der Waals surface area contributed by atoms with Crippen molar-refractivity contribution >= 4 is 45.2 Å². The van der Waals surface area contributed by atoms with Crippen LogP contribution in [-0.4, -0.2) is 11.8 Å². The van der Waals surface area contributed by atoms with Crippen LogP contribution in [0.1, 0.15) is 20.8 Å². The standard InChI is InChI=1S/C15H13BrN2O2S/c1-10-4-2-3-5-11(10)6-9-14(19)17-18-15(20)12-7-8-13(16)21-12/h2-9H,1H3,(H,17,19)(H,18,20)/b9-6+. The van der Waals surface area contributed by atoms with Gasteiger partial charge in [-0.2, -0.15) is 0 Å². The van der Waals surface area contributed by atoms with Crippen molar-refractivity contribution in [3.63, 3.8) is 0 Å². The molecule has 0 fully saturated rings. The first kappa shape index (κ1) is 15.5. The number of benzene rings is 1. The Labute approximate surface area is 135 Å². The number of hydrazine groups is 1. The highest BCUT2D eigenvalue weighted by atomic mass is 79.9. The molecule has 0 aliphatic heterocycles. The third-order valence-electron chi connectivity index (χ3n) is 2.70. The molecule has 0 saturated heterocycles. The molecule has 2 aromatic rings. The molecular weight excluding hydrogens is 352 g/mol. The number of carbonyl (C=O) groups excluding carboxylic acids is 2. The van der Waals surface area contributed by atoms with Crippen LogP contribution in [0.2, 0.25) is 0 Å². The predicted molar refractivity (Wildman–Crippen MR) is 87.8 cm³/mol. The number of hydrogen-bond donors (Lipinski definition) is 2. The van der Waals surface area contributed by atoms with Crippen molar-refractivity contribution in [3.8, 4) is 0 Å². The van der Waals surface area contributed by atoms with Crippen molar-refractivity contribution in [2.45, 2.75) is 6.92 Å². The van der Waals surface area contributed by atoms with E-state index in [-0.39, 0.29) is 11.8 Å². The van der Waals surface area contributed by atoms with E-state index < -0.39 is 0 Å². The zero-order chi connectivity index (χ0) is 15.2. The van der Waals surface area contributed by atoms with Gasteiger partial charge in [0.25, 0.3) is 11.8 Å². The van der Waals surface area contributed by atoms with Crippen LogP contribution in [-0.2, 0) is 4.79 Å². The van der Waals surface area contributed by atoms with E-state index >= 15 is 0 Å². The van der Waals surface area contributed by atoms with E-state index in [2.05, 4.69) is 26.8 Å². The number of amides is 2. The molecule has 0 bridgehead atoms. The highest BCUT2D eigenvalue weighted by molar-refractivity contribution is 9.11. The van der Waals surface area contributed by atoms with Crippen LogP contribution in [0, 0.1) is 6.92 Å². The molecule has 0 radical (unpaired) electrons. The minimum Gasteiger partial charge on any atom is -0.268 e. The SMILES string of the molecule is Cc1ccccc1/C=C/C(=O)NNC(=O)c1ccc(Br)s1. The second-order valence-corrected chi connectivity index (χ2v) is 6.70. The first-order chi connectivity index (χ1) is 10.1. The number of nitrogens with one attached hydrogen (secondary N) is 2. The summed E-state index contributed by atoms with van der Waals surface area (Å²) in [4.78, 5) is 23.9. The summed E-state index contributed by atoms with van der Waals surface area (Å²) in [6.45, 7) is 1.97. The fourth-order valence-corrected chi connectivity index (χ4v) is 2.88. The number of thiophene rings is 1. The monoisotopic (exact) mass is 364 g/mol. The first-order valence-corrected chi connectivity index (χ1v) is 7.76. The Morgan fingerprint density at radius 2 is 1.90 bits per heavy atom. The van der Waals surface area contributed by atoms with Crippen molar-refractivity contribution < 1.29 is 9.59 Å². The van der Waals surface area contributed by atoms with Crippen molar-refractivity contribution in [1.82, 2.24) is 10.9 Å². The Kier molecular flexibility index (Phi) is 5.30. The fraction of sp³-hybridized carbons (Fsp3) is 0.0667. The molecule has 1 aromatic carbocycles. The molecule has 21 heavy (non-hydrogen) atoms. The van der Waals surface area contributed by atoms with Crippen LogP contribution in [0.5, 0.6) is 0 Å². The summed E-state index contributed by atoms with van der Waals surface area (Å²) in [5.74, 6) is -0.731. The molecule has 1 aromatic heterocycles. The molecule has 6 heteroatoms. The van der Waals surface area contributed by atoms with E-state index in [0.717, 1.165) is 14.9 Å². The lowest BCUT2D eigenvalue weighted by Gasteiger charge is -2.03. The van der Waals surface area contributed by atoms with Crippen LogP contribution in [0.3, 0.4) is 0 Å². The van der Waals surface area contributed by atoms with Crippen molar-refractivity contribution in [2.75, 3.05) is 0 Å². The molecule has 2 amide bonds. The Morgan fingerprint density at radius 3 is 2.57 bits per heavy atom. The Balaban J connectivity index is 1.88. The van der Waals surface area contributed by atoms with E-state index in [1.54, 1.807) is 18.2 Å². The maximum atomic E-state index is 11.7. The van der Waals surface area contributed by atoms with E-state index in [1.807, 2.05) is 31.2 Å². The lowest BCUT2D eigenvalue weighted by Crippen LogP contribution is -2.40. The molecule has 0 spiro atoms. The second-order valence-electron chi connectivity index (χ2n) is 4.24. The molecule has 2 rings (SSSR count). The van der Waals surface area contributed by atoms with E-state index in [9.17, 15) is 9.59 Å². The first-order valence-electron chi connectivity index (χ1n) is 6.15. The van der Waals surface area contributed by atoms with Crippen molar-refractivity contribution in [2.24, 2.45) is 0 Å². The highest BCUT2D eigenvalue weighted by Gasteiger charge is 2.08. The summed E-state index contributed by atoms with van der Waals surface area (Å²) in [5, 5.41) is 0. The van der Waals surface area contributed by atoms with Crippen LogP contribution >= 0.6 is 27.3 Å². The zero-order valence-corrected chi connectivity index (χ0v) is 13.6. The molecule has 0 atom stereocenters. The fourth-order valence-electron chi connectivity index (χ4n) is 1.60. The molecule has 4 nitrogen and oxygen atoms in total. The van der Waals surface area contributed by atoms with Gasteiger partial charge in [0.2, 0.25) is 0 Å². The van der Waals surface area contributed by atoms with Crippen molar-refractivity contribution in [3.05, 3.63) is 62.3 Å². The third kappa shape index (κ3) is 4.54. The molecule has 2 N–H and O–H groups in total. The van der Waals surface area contributed by atoms with E-state index in [4.69, 9.17) is 0 Å². The molecule has 0 saturated carbocycles. The number of carbonyl (C=O) groups is 2. The number of aryl methyl sites for hydroxylation is 1. The molecule has 0 aliphatic rings. The average Bonchev–Trinajstić information content (AvgIpc) is 2.90. The van der Waals surface area contributed by atoms with Crippen LogP contribution < -0.4 is 10.9 Å². The van der Waals surface area contributed by atoms with Crippen molar-refractivity contribution in [1.29, 1.82) is 0 Å². The number of halogens is 1.